The Morgan fingerprint density at radius 2 is 1.58 bits per heavy atom. The fourth-order valence-corrected chi connectivity index (χ4v) is 2.56. The molecule has 8 heteroatoms. The molecule has 0 saturated heterocycles. The second kappa shape index (κ2) is 7.23. The van der Waals surface area contributed by atoms with Crippen LogP contribution in [0.25, 0.3) is 11.1 Å². The summed E-state index contributed by atoms with van der Waals surface area (Å²) in [5, 5.41) is 3.14. The summed E-state index contributed by atoms with van der Waals surface area (Å²) in [6.07, 6.45) is -4.37. The van der Waals surface area contributed by atoms with Crippen LogP contribution >= 0.6 is 0 Å². The summed E-state index contributed by atoms with van der Waals surface area (Å²) < 4.78 is 60.2. The zero-order valence-corrected chi connectivity index (χ0v) is 13.8. The summed E-state index contributed by atoms with van der Waals surface area (Å²) in [5.41, 5.74) is 1.62. The Balaban J connectivity index is 2.38. The van der Waals surface area contributed by atoms with Crippen LogP contribution in [0.3, 0.4) is 0 Å². The van der Waals surface area contributed by atoms with Gasteiger partial charge in [0, 0.05) is 6.04 Å². The highest BCUT2D eigenvalue weighted by molar-refractivity contribution is 7.80. The molecule has 0 heterocycles. The van der Waals surface area contributed by atoms with Crippen molar-refractivity contribution in [1.29, 1.82) is 0 Å². The molecule has 1 atom stereocenters. The van der Waals surface area contributed by atoms with Gasteiger partial charge in [0.2, 0.25) is 0 Å². The van der Waals surface area contributed by atoms with Crippen molar-refractivity contribution in [2.45, 2.75) is 26.1 Å². The molecule has 0 amide bonds. The minimum atomic E-state index is -4.37. The molecule has 0 bridgehead atoms. The molecule has 0 aliphatic rings. The smallest absolute Gasteiger partial charge is 0.381 e. The topological polar surface area (TPSA) is 61.4 Å². The molecule has 3 N–H and O–H groups in total. The summed E-state index contributed by atoms with van der Waals surface area (Å²) in [5.74, 6) is 0. The largest absolute Gasteiger partial charge is 0.416 e. The molecule has 24 heavy (non-hydrogen) atoms. The number of anilines is 2. The van der Waals surface area contributed by atoms with E-state index in [-0.39, 0.29) is 6.04 Å². The third kappa shape index (κ3) is 4.72. The van der Waals surface area contributed by atoms with Crippen molar-refractivity contribution in [3.05, 3.63) is 48.0 Å². The Bertz CT molecular complexity index is 731. The van der Waals surface area contributed by atoms with Gasteiger partial charge in [0.15, 0.2) is 0 Å². The maximum absolute atomic E-state index is 12.6. The molecule has 0 aliphatic carbocycles. The van der Waals surface area contributed by atoms with Crippen LogP contribution in [0, 0.1) is 0 Å². The van der Waals surface area contributed by atoms with Gasteiger partial charge in [-0.2, -0.15) is 13.2 Å². The average Bonchev–Trinajstić information content (AvgIpc) is 2.47. The lowest BCUT2D eigenvalue weighted by atomic mass is 10.0. The first-order chi connectivity index (χ1) is 11.2. The van der Waals surface area contributed by atoms with E-state index in [1.54, 1.807) is 18.2 Å². The van der Waals surface area contributed by atoms with Crippen molar-refractivity contribution < 1.29 is 21.9 Å². The van der Waals surface area contributed by atoms with Crippen LogP contribution in [0.1, 0.15) is 19.4 Å². The predicted octanol–water partition coefficient (Wildman–Crippen LogP) is 4.74. The molecule has 0 spiro atoms. The van der Waals surface area contributed by atoms with Gasteiger partial charge in [-0.1, -0.05) is 18.2 Å². The van der Waals surface area contributed by atoms with E-state index in [0.29, 0.717) is 22.5 Å². The summed E-state index contributed by atoms with van der Waals surface area (Å²) in [7, 11) is 0. The molecular formula is C16H17F3N2O2S. The van der Waals surface area contributed by atoms with Crippen molar-refractivity contribution in [3.63, 3.8) is 0 Å². The molecule has 2 aromatic carbocycles. The fraction of sp³-hybridized carbons (Fsp3) is 0.250. The molecule has 0 radical (unpaired) electrons. The molecule has 130 valence electrons. The second-order valence-corrected chi connectivity index (χ2v) is 6.19. The van der Waals surface area contributed by atoms with Crippen LogP contribution in [-0.4, -0.2) is 14.8 Å². The van der Waals surface area contributed by atoms with Crippen LogP contribution in [0.4, 0.5) is 24.5 Å². The van der Waals surface area contributed by atoms with Gasteiger partial charge in [0.1, 0.15) is 0 Å². The quantitative estimate of drug-likeness (QED) is 0.677. The fourth-order valence-electron chi connectivity index (χ4n) is 2.19. The van der Waals surface area contributed by atoms with Gasteiger partial charge in [-0.15, -0.1) is 0 Å². The van der Waals surface area contributed by atoms with Crippen molar-refractivity contribution in [2.75, 3.05) is 10.0 Å². The molecule has 1 unspecified atom stereocenters. The number of alkyl halides is 3. The van der Waals surface area contributed by atoms with Gasteiger partial charge in [0.05, 0.1) is 16.9 Å². The lowest BCUT2D eigenvalue weighted by Gasteiger charge is -2.16. The van der Waals surface area contributed by atoms with Gasteiger partial charge >= 0.3 is 6.18 Å². The Hall–Kier alpha value is -2.06. The molecule has 2 rings (SSSR count). The Kier molecular flexibility index (Phi) is 5.51. The third-order valence-electron chi connectivity index (χ3n) is 3.21. The van der Waals surface area contributed by atoms with Gasteiger partial charge < -0.3 is 5.32 Å². The van der Waals surface area contributed by atoms with Crippen LogP contribution in [0.2, 0.25) is 0 Å². The normalized spacial score (nSPS) is 13.0. The third-order valence-corrected chi connectivity index (χ3v) is 3.60. The van der Waals surface area contributed by atoms with Crippen LogP contribution < -0.4 is 10.0 Å². The standard InChI is InChI=1S/C16H17F3N2O2S/c1-10(2)20-15-9-12(5-8-14(15)21-24(22)23)11-3-6-13(7-4-11)16(17,18)19/h3-10,20-21H,1-2H3,(H,22,23). The molecule has 0 aliphatic heterocycles. The maximum atomic E-state index is 12.6. The lowest BCUT2D eigenvalue weighted by Crippen LogP contribution is -2.13. The molecule has 4 nitrogen and oxygen atoms in total. The minimum absolute atomic E-state index is 0.0699. The van der Waals surface area contributed by atoms with Crippen molar-refractivity contribution in [1.82, 2.24) is 0 Å². The summed E-state index contributed by atoms with van der Waals surface area (Å²) in [6, 6.07) is 9.91. The van der Waals surface area contributed by atoms with E-state index in [1.165, 1.54) is 12.1 Å². The predicted molar refractivity (Wildman–Crippen MR) is 90.0 cm³/mol. The van der Waals surface area contributed by atoms with E-state index in [4.69, 9.17) is 4.55 Å². The Morgan fingerprint density at radius 1 is 1.00 bits per heavy atom. The van der Waals surface area contributed by atoms with Crippen molar-refractivity contribution in [3.8, 4) is 11.1 Å². The maximum Gasteiger partial charge on any atom is 0.416 e. The molecule has 0 fully saturated rings. The van der Waals surface area contributed by atoms with Gasteiger partial charge in [-0.25, -0.2) is 4.21 Å². The number of hydrogen-bond acceptors (Lipinski definition) is 2. The van der Waals surface area contributed by atoms with E-state index < -0.39 is 23.0 Å². The van der Waals surface area contributed by atoms with Crippen molar-refractivity contribution in [2.24, 2.45) is 0 Å². The number of hydrogen-bond donors (Lipinski definition) is 3. The Morgan fingerprint density at radius 3 is 2.08 bits per heavy atom. The van der Waals surface area contributed by atoms with Crippen LogP contribution in [-0.2, 0) is 17.4 Å². The zero-order valence-electron chi connectivity index (χ0n) is 13.0. The molecule has 0 saturated carbocycles. The molecular weight excluding hydrogens is 341 g/mol. The van der Waals surface area contributed by atoms with Gasteiger partial charge in [-0.3, -0.25) is 9.27 Å². The first kappa shape index (κ1) is 18.3. The zero-order chi connectivity index (χ0) is 17.9. The monoisotopic (exact) mass is 358 g/mol. The number of rotatable bonds is 5. The number of halogens is 3. The summed E-state index contributed by atoms with van der Waals surface area (Å²) >= 11 is -2.22. The van der Waals surface area contributed by atoms with Gasteiger partial charge in [-0.05, 0) is 49.2 Å². The first-order valence-electron chi connectivity index (χ1n) is 7.12. The number of nitrogens with one attached hydrogen (secondary N) is 2. The van der Waals surface area contributed by atoms with E-state index in [9.17, 15) is 17.4 Å². The molecule has 2 aromatic rings. The van der Waals surface area contributed by atoms with E-state index in [2.05, 4.69) is 10.0 Å². The SMILES string of the molecule is CC(C)Nc1cc(-c2ccc(C(F)(F)F)cc2)ccc1NS(=O)O. The highest BCUT2D eigenvalue weighted by atomic mass is 32.2. The average molecular weight is 358 g/mol. The van der Waals surface area contributed by atoms with E-state index in [0.717, 1.165) is 12.1 Å². The lowest BCUT2D eigenvalue weighted by molar-refractivity contribution is -0.137. The van der Waals surface area contributed by atoms with E-state index >= 15 is 0 Å². The van der Waals surface area contributed by atoms with Crippen LogP contribution in [0.5, 0.6) is 0 Å². The highest BCUT2D eigenvalue weighted by Gasteiger charge is 2.29. The second-order valence-electron chi connectivity index (χ2n) is 5.49. The summed E-state index contributed by atoms with van der Waals surface area (Å²) in [6.45, 7) is 3.81. The highest BCUT2D eigenvalue weighted by Crippen LogP contribution is 2.33. The van der Waals surface area contributed by atoms with Crippen molar-refractivity contribution >= 4 is 22.6 Å². The van der Waals surface area contributed by atoms with E-state index in [1.807, 2.05) is 13.8 Å². The van der Waals surface area contributed by atoms with Crippen LogP contribution in [0.15, 0.2) is 42.5 Å². The number of benzene rings is 2. The first-order valence-corrected chi connectivity index (χ1v) is 8.23. The van der Waals surface area contributed by atoms with Gasteiger partial charge in [0.25, 0.3) is 11.3 Å². The molecule has 0 aromatic heterocycles. The Labute approximate surface area is 140 Å². The summed E-state index contributed by atoms with van der Waals surface area (Å²) in [4.78, 5) is 0. The minimum Gasteiger partial charge on any atom is -0.381 e.